The second kappa shape index (κ2) is 67.6. The van der Waals surface area contributed by atoms with Gasteiger partial charge in [0.05, 0.1) is 114 Å². The second-order valence-corrected chi connectivity index (χ2v) is 32.5. The van der Waals surface area contributed by atoms with Gasteiger partial charge >= 0.3 is 29.8 Å². The topological polar surface area (TPSA) is 430 Å². The van der Waals surface area contributed by atoms with Crippen LogP contribution in [0.2, 0.25) is 30.4 Å². The number of nitrogens with one attached hydrogen (secondary N) is 4. The number of esters is 4. The quantitative estimate of drug-likeness (QED) is 0.00526. The molecule has 150 heavy (non-hydrogen) atoms. The van der Waals surface area contributed by atoms with Gasteiger partial charge in [-0.25, -0.2) is 84.5 Å². The number of hydrogen-bond donors (Lipinski definition) is 6. The summed E-state index contributed by atoms with van der Waals surface area (Å²) in [7, 11) is 1.39. The lowest BCUT2D eigenvalue weighted by Gasteiger charge is -2.23. The molecule has 0 bridgehead atoms. The molecule has 40 heteroatoms. The molecule has 6 heterocycles. The number of carbonyl (C=O) groups excluding carboxylic acids is 7. The summed E-state index contributed by atoms with van der Waals surface area (Å²) in [5.41, 5.74) is 10.3. The first-order valence-corrected chi connectivity index (χ1v) is 47.6. The molecular weight excluding hydrogens is 2040 g/mol. The molecule has 9 aromatic carbocycles. The summed E-state index contributed by atoms with van der Waals surface area (Å²) in [6.45, 7) is 7.25. The summed E-state index contributed by atoms with van der Waals surface area (Å²) >= 11 is 37.0. The Morgan fingerprint density at radius 2 is 0.567 bits per heavy atom. The van der Waals surface area contributed by atoms with E-state index in [0.717, 1.165) is 84.8 Å². The van der Waals surface area contributed by atoms with E-state index in [2.05, 4.69) is 80.5 Å². The highest BCUT2D eigenvalue weighted by molar-refractivity contribution is 6.35. The van der Waals surface area contributed by atoms with Crippen molar-refractivity contribution < 1.29 is 67.6 Å². The lowest BCUT2D eigenvalue weighted by Crippen LogP contribution is -2.25. The zero-order chi connectivity index (χ0) is 103. The minimum absolute atomic E-state index is 0. The molecule has 0 aliphatic carbocycles. The fourth-order valence-corrected chi connectivity index (χ4v) is 14.2. The number of aromatic carboxylic acids is 1. The van der Waals surface area contributed by atoms with E-state index in [4.69, 9.17) is 94.1 Å². The fraction of sp³-hybridized carbons (Fsp3) is 0.218. The molecule has 0 atom stereocenters. The fourth-order valence-electron chi connectivity index (χ4n) is 13.0. The Morgan fingerprint density at radius 1 is 0.307 bits per heavy atom. The number of carboxylic acid groups (broad SMARTS) is 1. The van der Waals surface area contributed by atoms with Crippen LogP contribution in [0.5, 0.6) is 0 Å². The molecular formula is C110H120Cl6N20O14. The van der Waals surface area contributed by atoms with Crippen LogP contribution >= 0.6 is 69.6 Å². The summed E-state index contributed by atoms with van der Waals surface area (Å²) in [5, 5.41) is 29.1. The number of rotatable bonds is 37. The normalized spacial score (nSPS) is 9.94. The largest absolute Gasteiger partial charge is 0.478 e. The van der Waals surface area contributed by atoms with E-state index in [1.165, 1.54) is 81.5 Å². The maximum atomic E-state index is 12.4. The zero-order valence-corrected chi connectivity index (χ0v) is 83.4. The number of ether oxygens (including phenoxy) is 4. The van der Waals surface area contributed by atoms with Crippen LogP contribution in [-0.2, 0) is 28.5 Å². The molecule has 6 aromatic heterocycles. The van der Waals surface area contributed by atoms with E-state index in [1.54, 1.807) is 55.4 Å². The lowest BCUT2D eigenvalue weighted by atomic mass is 10.1. The third-order valence-electron chi connectivity index (χ3n) is 20.0. The molecule has 3 amide bonds. The third kappa shape index (κ3) is 39.3. The van der Waals surface area contributed by atoms with Gasteiger partial charge in [-0.3, -0.25) is 44.0 Å². The molecule has 786 valence electrons. The van der Waals surface area contributed by atoms with Crippen molar-refractivity contribution in [2.45, 2.75) is 122 Å². The van der Waals surface area contributed by atoms with Crippen molar-refractivity contribution in [1.29, 1.82) is 0 Å². The van der Waals surface area contributed by atoms with Gasteiger partial charge in [-0.05, 0) is 167 Å². The van der Waals surface area contributed by atoms with Crippen LogP contribution in [0.4, 0.5) is 80.9 Å². The summed E-state index contributed by atoms with van der Waals surface area (Å²) in [6, 6.07) is 75.4. The van der Waals surface area contributed by atoms with E-state index < -0.39 is 23.9 Å². The van der Waals surface area contributed by atoms with Crippen molar-refractivity contribution in [2.24, 2.45) is 0 Å². The van der Waals surface area contributed by atoms with Crippen LogP contribution < -0.4 is 41.0 Å². The Balaban J connectivity index is 0.000000321. The smallest absolute Gasteiger partial charge is 0.341 e. The van der Waals surface area contributed by atoms with E-state index in [-0.39, 0.29) is 71.7 Å². The summed E-state index contributed by atoms with van der Waals surface area (Å²) in [4.78, 5) is 149. The number of para-hydroxylation sites is 9. The monoisotopic (exact) mass is 2150 g/mol. The Hall–Kier alpha value is -16.1. The molecule has 0 fully saturated rings. The maximum Gasteiger partial charge on any atom is 0.341 e. The molecule has 15 aromatic rings. The molecule has 0 radical (unpaired) electrons. The van der Waals surface area contributed by atoms with Crippen LogP contribution in [0.25, 0.3) is 0 Å². The standard InChI is InChI=1S/C25H27ClN4O3.C24H26ClN5O3.C19H16ClN3O2.C17H12ClN3O2.C13H12ClN3O2.C7H7ClN2O2.5CH4/c1-33-23(31)15-7-2-3-10-16-27-24(32)19-17-28-25(29-18-19)30(20-11-5-4-6-12-20)22-14-9-8-13-21(22)26;25-20-12-7-8-13-21(20)30(19-10-4-3-5-11-19)24-27-16-18(17-28-24)23(32)26-15-9-2-1-6-14-22(31)29-33;1-2-25-18(24)14-12-21-19(22-13-14)23(15-8-4-3-5-9-15)17-11-7-6-10-16(17)20;18-14-8-4-5-9-15(14)21(13-6-2-1-3-7-13)17-19-10-12(11-20-17)16(22)23;1-2-19-12(18)9-7-15-13(16-8-9)17-11-6-4-3-5-10(11)14;1-2-12-6(11)5-3-9-7(8)10-4-5;;;;;/h4-6,8-9,11-14,17-18H,2-3,7,10,15-16H2,1H3,(H,27,32);3-5,7-8,10-13,16-17,33H,1-2,6,9,14-15H2,(H,26,32)(H,29,31);3-13H,2H2,1H3;1-11H,(H,22,23);3-8H,2H2,1H3,(H,15,16,17);3-4H,2H2,1H3;5*1H4. The number of methoxy groups -OCH3 is 1. The molecule has 0 saturated heterocycles. The van der Waals surface area contributed by atoms with Crippen LogP contribution in [0.15, 0.2) is 317 Å². The molecule has 0 spiro atoms. The van der Waals surface area contributed by atoms with Crippen molar-refractivity contribution in [3.05, 3.63) is 381 Å². The Bertz CT molecular complexity index is 6440. The van der Waals surface area contributed by atoms with E-state index in [1.807, 2.05) is 233 Å². The first kappa shape index (κ1) is 124. The Morgan fingerprint density at radius 3 is 0.853 bits per heavy atom. The second-order valence-electron chi connectivity index (χ2n) is 30.1. The van der Waals surface area contributed by atoms with Gasteiger partial charge in [0.2, 0.25) is 40.9 Å². The summed E-state index contributed by atoms with van der Waals surface area (Å²) < 4.78 is 19.1. The van der Waals surface area contributed by atoms with E-state index >= 15 is 0 Å². The number of benzene rings is 9. The van der Waals surface area contributed by atoms with Crippen molar-refractivity contribution in [3.63, 3.8) is 0 Å². The minimum atomic E-state index is -1.07. The van der Waals surface area contributed by atoms with Gasteiger partial charge < -0.3 is 40.0 Å². The van der Waals surface area contributed by atoms with Gasteiger partial charge in [0.1, 0.15) is 0 Å². The van der Waals surface area contributed by atoms with Gasteiger partial charge in [0.25, 0.3) is 11.8 Å². The van der Waals surface area contributed by atoms with Crippen LogP contribution in [-0.4, -0.2) is 158 Å². The number of anilines is 14. The number of unbranched alkanes of at least 4 members (excludes halogenated alkanes) is 6. The number of halogens is 6. The van der Waals surface area contributed by atoms with Gasteiger partial charge in [-0.15, -0.1) is 0 Å². The third-order valence-corrected chi connectivity index (χ3v) is 21.8. The average molecular weight is 2160 g/mol. The number of hydroxylamine groups is 1. The minimum Gasteiger partial charge on any atom is -0.478 e. The number of aromatic nitrogens is 12. The molecule has 0 saturated carbocycles. The van der Waals surface area contributed by atoms with Crippen molar-refractivity contribution in [3.8, 4) is 0 Å². The molecule has 6 N–H and O–H groups in total. The number of carbonyl (C=O) groups is 8. The number of hydrogen-bond acceptors (Lipinski definition) is 30. The molecule has 15 rings (SSSR count). The Labute approximate surface area is 903 Å². The van der Waals surface area contributed by atoms with Crippen molar-refractivity contribution in [1.82, 2.24) is 75.9 Å². The molecule has 0 aliphatic heterocycles. The van der Waals surface area contributed by atoms with Gasteiger partial charge in [0.15, 0.2) is 0 Å². The van der Waals surface area contributed by atoms with Gasteiger partial charge in [0, 0.05) is 123 Å². The van der Waals surface area contributed by atoms with Crippen LogP contribution in [0.1, 0.15) is 184 Å². The lowest BCUT2D eigenvalue weighted by molar-refractivity contribution is -0.140. The van der Waals surface area contributed by atoms with Gasteiger partial charge in [-0.1, -0.05) is 254 Å². The number of nitrogens with zero attached hydrogens (tertiary/aromatic N) is 16. The number of amides is 3. The summed E-state index contributed by atoms with van der Waals surface area (Å²) in [5.74, 6) is -1.50. The SMILES string of the molecule is C.C.C.C.C.CCOC(=O)c1cnc(Cl)nc1.CCOC(=O)c1cnc(N(c2ccccc2)c2ccccc2Cl)nc1.CCOC(=O)c1cnc(Nc2ccccc2Cl)nc1.COC(=O)CCCCCCNC(=O)c1cnc(N(c2ccccc2)c2ccccc2Cl)nc1.O=C(CCCCCCNC(=O)c1cnc(N(c2ccccc2)c2ccccc2Cl)nc1)NO.O=C(O)c1cnc(N(c2ccccc2)c2ccccc2Cl)nc1. The average Bonchev–Trinajstić information content (AvgIpc) is 0.807. The van der Waals surface area contributed by atoms with Crippen LogP contribution in [0.3, 0.4) is 0 Å². The highest BCUT2D eigenvalue weighted by Crippen LogP contribution is 2.41. The summed E-state index contributed by atoms with van der Waals surface area (Å²) in [6.07, 6.45) is 24.3. The number of carboxylic acids is 1. The predicted octanol–water partition coefficient (Wildman–Crippen LogP) is 26.9. The first-order valence-electron chi connectivity index (χ1n) is 45.3. The molecule has 0 aliphatic rings. The van der Waals surface area contributed by atoms with E-state index in [9.17, 15) is 38.4 Å². The van der Waals surface area contributed by atoms with Crippen LogP contribution in [0, 0.1) is 0 Å². The van der Waals surface area contributed by atoms with E-state index in [0.29, 0.717) is 146 Å². The maximum absolute atomic E-state index is 12.4. The molecule has 34 nitrogen and oxygen atoms in total. The zero-order valence-electron chi connectivity index (χ0n) is 78.8. The van der Waals surface area contributed by atoms with Gasteiger partial charge in [-0.2, -0.15) is 0 Å². The highest BCUT2D eigenvalue weighted by Gasteiger charge is 2.25. The van der Waals surface area contributed by atoms with Crippen molar-refractivity contribution in [2.75, 3.05) is 64.9 Å². The van der Waals surface area contributed by atoms with Crippen molar-refractivity contribution >= 4 is 198 Å². The molecule has 0 unspecified atom stereocenters. The Kier molecular flexibility index (Phi) is 56.1. The first-order chi connectivity index (χ1) is 70.5. The predicted molar refractivity (Wildman–Crippen MR) is 592 cm³/mol. The highest BCUT2D eigenvalue weighted by atomic mass is 35.5.